The summed E-state index contributed by atoms with van der Waals surface area (Å²) in [5.41, 5.74) is 1.98. The number of methoxy groups -OCH3 is 1. The summed E-state index contributed by atoms with van der Waals surface area (Å²) in [7, 11) is 1.61. The standard InChI is InChI=1S/C14H16N2O3S/c1-4-19-14(17)12-9(2)16-20-13(12)15-10-6-5-7-11(8-10)18-3/h5-8,15H,4H2,1-3H3. The van der Waals surface area contributed by atoms with Crippen LogP contribution < -0.4 is 10.1 Å². The number of aromatic nitrogens is 1. The fourth-order valence-electron chi connectivity index (χ4n) is 1.73. The highest BCUT2D eigenvalue weighted by Crippen LogP contribution is 2.29. The van der Waals surface area contributed by atoms with Gasteiger partial charge in [-0.25, -0.2) is 4.79 Å². The minimum atomic E-state index is -0.357. The third-order valence-corrected chi connectivity index (χ3v) is 3.52. The Labute approximate surface area is 121 Å². The van der Waals surface area contributed by atoms with Gasteiger partial charge in [-0.1, -0.05) is 6.07 Å². The van der Waals surface area contributed by atoms with Gasteiger partial charge in [-0.05, 0) is 37.5 Å². The van der Waals surface area contributed by atoms with Gasteiger partial charge in [0, 0.05) is 11.8 Å². The lowest BCUT2D eigenvalue weighted by Crippen LogP contribution is -2.07. The minimum absolute atomic E-state index is 0.340. The zero-order chi connectivity index (χ0) is 14.5. The van der Waals surface area contributed by atoms with Crippen LogP contribution in [0, 0.1) is 6.92 Å². The van der Waals surface area contributed by atoms with Crippen molar-refractivity contribution < 1.29 is 14.3 Å². The Morgan fingerprint density at radius 1 is 1.45 bits per heavy atom. The molecule has 6 heteroatoms. The first kappa shape index (κ1) is 14.3. The number of carbonyl (C=O) groups is 1. The predicted octanol–water partition coefficient (Wildman–Crippen LogP) is 3.38. The number of benzene rings is 1. The van der Waals surface area contributed by atoms with Crippen LogP contribution in [-0.2, 0) is 4.74 Å². The molecule has 0 aliphatic rings. The molecule has 20 heavy (non-hydrogen) atoms. The van der Waals surface area contributed by atoms with Crippen LogP contribution in [0.25, 0.3) is 0 Å². The van der Waals surface area contributed by atoms with Gasteiger partial charge < -0.3 is 14.8 Å². The van der Waals surface area contributed by atoms with Crippen LogP contribution in [0.5, 0.6) is 5.75 Å². The van der Waals surface area contributed by atoms with Crippen molar-refractivity contribution in [3.05, 3.63) is 35.5 Å². The molecule has 0 aliphatic carbocycles. The monoisotopic (exact) mass is 292 g/mol. The highest BCUT2D eigenvalue weighted by molar-refractivity contribution is 7.10. The number of aryl methyl sites for hydroxylation is 1. The molecule has 1 heterocycles. The number of rotatable bonds is 5. The van der Waals surface area contributed by atoms with Gasteiger partial charge >= 0.3 is 5.97 Å². The average molecular weight is 292 g/mol. The fourth-order valence-corrected chi connectivity index (χ4v) is 2.54. The van der Waals surface area contributed by atoms with E-state index in [0.29, 0.717) is 22.9 Å². The molecule has 0 saturated carbocycles. The van der Waals surface area contributed by atoms with Gasteiger partial charge in [0.25, 0.3) is 0 Å². The molecule has 1 aromatic carbocycles. The smallest absolute Gasteiger partial charge is 0.343 e. The highest BCUT2D eigenvalue weighted by Gasteiger charge is 2.19. The van der Waals surface area contributed by atoms with E-state index in [1.54, 1.807) is 21.0 Å². The third kappa shape index (κ3) is 3.08. The highest BCUT2D eigenvalue weighted by atomic mass is 32.1. The Balaban J connectivity index is 2.27. The van der Waals surface area contributed by atoms with Gasteiger partial charge in [-0.3, -0.25) is 0 Å². The van der Waals surface area contributed by atoms with Crippen LogP contribution in [0.1, 0.15) is 23.0 Å². The molecule has 5 nitrogen and oxygen atoms in total. The Bertz CT molecular complexity index is 610. The van der Waals surface area contributed by atoms with Gasteiger partial charge in [0.2, 0.25) is 0 Å². The Morgan fingerprint density at radius 2 is 2.25 bits per heavy atom. The molecule has 0 saturated heterocycles. The van der Waals surface area contributed by atoms with E-state index in [-0.39, 0.29) is 5.97 Å². The SMILES string of the molecule is CCOC(=O)c1c(C)nsc1Nc1cccc(OC)c1. The first-order valence-electron chi connectivity index (χ1n) is 6.20. The molecule has 1 aromatic heterocycles. The summed E-state index contributed by atoms with van der Waals surface area (Å²) in [5, 5.41) is 3.86. The summed E-state index contributed by atoms with van der Waals surface area (Å²) >= 11 is 1.24. The summed E-state index contributed by atoms with van der Waals surface area (Å²) in [6, 6.07) is 7.48. The molecule has 0 aliphatic heterocycles. The first-order valence-corrected chi connectivity index (χ1v) is 6.97. The van der Waals surface area contributed by atoms with E-state index in [9.17, 15) is 4.79 Å². The lowest BCUT2D eigenvalue weighted by molar-refractivity contribution is 0.0527. The molecule has 0 atom stereocenters. The van der Waals surface area contributed by atoms with Gasteiger partial charge in [0.1, 0.15) is 16.3 Å². The summed E-state index contributed by atoms with van der Waals surface area (Å²) in [4.78, 5) is 11.9. The number of nitrogens with zero attached hydrogens (tertiary/aromatic N) is 1. The Kier molecular flexibility index (Phi) is 4.57. The molecule has 106 valence electrons. The van der Waals surface area contributed by atoms with Gasteiger partial charge in [-0.2, -0.15) is 4.37 Å². The molecular formula is C14H16N2O3S. The van der Waals surface area contributed by atoms with E-state index in [1.807, 2.05) is 24.3 Å². The third-order valence-electron chi connectivity index (χ3n) is 2.67. The molecule has 2 rings (SSSR count). The average Bonchev–Trinajstić information content (AvgIpc) is 2.80. The second-order valence-corrected chi connectivity index (χ2v) is 4.82. The topological polar surface area (TPSA) is 60.5 Å². The van der Waals surface area contributed by atoms with Crippen molar-refractivity contribution in [2.45, 2.75) is 13.8 Å². The van der Waals surface area contributed by atoms with E-state index in [4.69, 9.17) is 9.47 Å². The minimum Gasteiger partial charge on any atom is -0.497 e. The maximum atomic E-state index is 11.9. The molecular weight excluding hydrogens is 276 g/mol. The zero-order valence-corrected chi connectivity index (χ0v) is 12.4. The molecule has 1 N–H and O–H groups in total. The van der Waals surface area contributed by atoms with Crippen LogP contribution >= 0.6 is 11.5 Å². The van der Waals surface area contributed by atoms with Gasteiger partial charge in [0.05, 0.1) is 19.4 Å². The molecule has 0 amide bonds. The van der Waals surface area contributed by atoms with Crippen molar-refractivity contribution in [3.63, 3.8) is 0 Å². The Morgan fingerprint density at radius 3 is 2.95 bits per heavy atom. The summed E-state index contributed by atoms with van der Waals surface area (Å²) < 4.78 is 14.4. The van der Waals surface area contributed by atoms with Gasteiger partial charge in [0.15, 0.2) is 0 Å². The summed E-state index contributed by atoms with van der Waals surface area (Å²) in [6.07, 6.45) is 0. The van der Waals surface area contributed by atoms with Crippen molar-refractivity contribution in [1.82, 2.24) is 4.37 Å². The van der Waals surface area contributed by atoms with Crippen LogP contribution in [-0.4, -0.2) is 24.1 Å². The Hall–Kier alpha value is -2.08. The maximum Gasteiger partial charge on any atom is 0.343 e. The van der Waals surface area contributed by atoms with E-state index >= 15 is 0 Å². The summed E-state index contributed by atoms with van der Waals surface area (Å²) in [6.45, 7) is 3.91. The van der Waals surface area contributed by atoms with E-state index < -0.39 is 0 Å². The normalized spacial score (nSPS) is 10.2. The van der Waals surface area contributed by atoms with Crippen molar-refractivity contribution >= 4 is 28.2 Å². The second-order valence-electron chi connectivity index (χ2n) is 4.05. The number of esters is 1. The predicted molar refractivity (Wildman–Crippen MR) is 79.1 cm³/mol. The molecule has 0 unspecified atom stereocenters. The molecule has 2 aromatic rings. The first-order chi connectivity index (χ1) is 9.65. The number of hydrogen-bond acceptors (Lipinski definition) is 6. The molecule has 0 spiro atoms. The maximum absolute atomic E-state index is 11.9. The van der Waals surface area contributed by atoms with Crippen molar-refractivity contribution in [2.75, 3.05) is 19.0 Å². The van der Waals surface area contributed by atoms with E-state index in [2.05, 4.69) is 9.69 Å². The lowest BCUT2D eigenvalue weighted by atomic mass is 10.2. The largest absolute Gasteiger partial charge is 0.497 e. The van der Waals surface area contributed by atoms with Crippen LogP contribution in [0.2, 0.25) is 0 Å². The van der Waals surface area contributed by atoms with Crippen LogP contribution in [0.3, 0.4) is 0 Å². The van der Waals surface area contributed by atoms with E-state index in [1.165, 1.54) is 11.5 Å². The fraction of sp³-hybridized carbons (Fsp3) is 0.286. The van der Waals surface area contributed by atoms with E-state index in [0.717, 1.165) is 11.4 Å². The van der Waals surface area contributed by atoms with Crippen molar-refractivity contribution in [1.29, 1.82) is 0 Å². The number of nitrogens with one attached hydrogen (secondary N) is 1. The lowest BCUT2D eigenvalue weighted by Gasteiger charge is -2.08. The quantitative estimate of drug-likeness (QED) is 0.856. The number of ether oxygens (including phenoxy) is 2. The van der Waals surface area contributed by atoms with Crippen LogP contribution in [0.15, 0.2) is 24.3 Å². The number of hydrogen-bond donors (Lipinski definition) is 1. The molecule has 0 radical (unpaired) electrons. The molecule has 0 fully saturated rings. The van der Waals surface area contributed by atoms with Crippen LogP contribution in [0.4, 0.5) is 10.7 Å². The van der Waals surface area contributed by atoms with Crippen molar-refractivity contribution in [3.8, 4) is 5.75 Å². The number of carbonyl (C=O) groups excluding carboxylic acids is 1. The second kappa shape index (κ2) is 6.38. The molecule has 0 bridgehead atoms. The van der Waals surface area contributed by atoms with Gasteiger partial charge in [-0.15, -0.1) is 0 Å². The van der Waals surface area contributed by atoms with Crippen molar-refractivity contribution in [2.24, 2.45) is 0 Å². The number of anilines is 2. The summed E-state index contributed by atoms with van der Waals surface area (Å²) in [5.74, 6) is 0.387. The zero-order valence-electron chi connectivity index (χ0n) is 11.6.